The SMILES string of the molecule is CCCCCCNC(=O)N1CCc2sc(OCCCN3CCCC3)cc2C1. The van der Waals surface area contributed by atoms with E-state index in [4.69, 9.17) is 4.74 Å². The van der Waals surface area contributed by atoms with Crippen molar-refractivity contribution >= 4 is 17.4 Å². The smallest absolute Gasteiger partial charge is 0.317 e. The number of likely N-dealkylation sites (tertiary alicyclic amines) is 1. The van der Waals surface area contributed by atoms with Crippen LogP contribution in [0.1, 0.15) is 62.3 Å². The van der Waals surface area contributed by atoms with Crippen molar-refractivity contribution in [2.75, 3.05) is 39.3 Å². The van der Waals surface area contributed by atoms with E-state index in [2.05, 4.69) is 23.2 Å². The largest absolute Gasteiger partial charge is 0.484 e. The standard InChI is InChI=1S/C21H35N3O2S/c1-2-3-4-5-10-22-21(25)24-14-9-19-18(17-24)16-20(27-19)26-15-8-13-23-11-6-7-12-23/h16H,2-15,17H2,1H3,(H,22,25). The molecule has 2 aliphatic heterocycles. The van der Waals surface area contributed by atoms with Crippen molar-refractivity contribution in [2.45, 2.75) is 64.8 Å². The molecule has 5 nitrogen and oxygen atoms in total. The van der Waals surface area contributed by atoms with Crippen LogP contribution in [0.15, 0.2) is 6.07 Å². The Labute approximate surface area is 168 Å². The molecule has 0 radical (unpaired) electrons. The highest BCUT2D eigenvalue weighted by Crippen LogP contribution is 2.33. The summed E-state index contributed by atoms with van der Waals surface area (Å²) in [5.74, 6) is 0. The number of thiophene rings is 1. The number of hydrogen-bond acceptors (Lipinski definition) is 4. The predicted octanol–water partition coefficient (Wildman–Crippen LogP) is 4.26. The fraction of sp³-hybridized carbons (Fsp3) is 0.762. The maximum Gasteiger partial charge on any atom is 0.317 e. The summed E-state index contributed by atoms with van der Waals surface area (Å²) in [6, 6.07) is 2.23. The molecule has 0 unspecified atom stereocenters. The Kier molecular flexibility index (Phi) is 8.27. The molecule has 0 aliphatic carbocycles. The van der Waals surface area contributed by atoms with Crippen LogP contribution in [-0.2, 0) is 13.0 Å². The molecule has 2 amide bonds. The molecule has 152 valence electrons. The third kappa shape index (κ3) is 6.39. The van der Waals surface area contributed by atoms with Gasteiger partial charge in [0.05, 0.1) is 6.61 Å². The second-order valence-electron chi connectivity index (χ2n) is 7.73. The van der Waals surface area contributed by atoms with Crippen LogP contribution >= 0.6 is 11.3 Å². The Hall–Kier alpha value is -1.27. The summed E-state index contributed by atoms with van der Waals surface area (Å²) < 4.78 is 5.99. The molecule has 6 heteroatoms. The maximum atomic E-state index is 12.4. The van der Waals surface area contributed by atoms with E-state index in [1.165, 1.54) is 55.6 Å². The van der Waals surface area contributed by atoms with Gasteiger partial charge in [0, 0.05) is 31.1 Å². The molecule has 0 aromatic carbocycles. The number of unbranched alkanes of at least 4 members (excludes halogenated alkanes) is 3. The van der Waals surface area contributed by atoms with Crippen molar-refractivity contribution in [1.82, 2.24) is 15.1 Å². The summed E-state index contributed by atoms with van der Waals surface area (Å²) in [5, 5.41) is 4.09. The monoisotopic (exact) mass is 393 g/mol. The molecule has 27 heavy (non-hydrogen) atoms. The number of amides is 2. The number of carbonyl (C=O) groups is 1. The number of hydrogen-bond donors (Lipinski definition) is 1. The van der Waals surface area contributed by atoms with Crippen LogP contribution in [-0.4, -0.2) is 55.2 Å². The van der Waals surface area contributed by atoms with Gasteiger partial charge < -0.3 is 19.9 Å². The Morgan fingerprint density at radius 2 is 2.04 bits per heavy atom. The van der Waals surface area contributed by atoms with Crippen LogP contribution in [0.4, 0.5) is 4.79 Å². The number of ether oxygens (including phenoxy) is 1. The molecule has 3 rings (SSSR count). The van der Waals surface area contributed by atoms with E-state index in [-0.39, 0.29) is 6.03 Å². The van der Waals surface area contributed by atoms with Gasteiger partial charge in [-0.25, -0.2) is 4.79 Å². The molecule has 0 atom stereocenters. The maximum absolute atomic E-state index is 12.4. The number of rotatable bonds is 10. The van der Waals surface area contributed by atoms with Crippen LogP contribution in [0.5, 0.6) is 5.06 Å². The Balaban J connectivity index is 1.37. The van der Waals surface area contributed by atoms with Gasteiger partial charge in [-0.3, -0.25) is 0 Å². The minimum Gasteiger partial charge on any atom is -0.484 e. The Morgan fingerprint density at radius 1 is 1.19 bits per heavy atom. The van der Waals surface area contributed by atoms with E-state index in [1.54, 1.807) is 11.3 Å². The molecule has 3 heterocycles. The molecular weight excluding hydrogens is 358 g/mol. The quantitative estimate of drug-likeness (QED) is 0.604. The summed E-state index contributed by atoms with van der Waals surface area (Å²) in [4.78, 5) is 18.2. The van der Waals surface area contributed by atoms with Crippen LogP contribution < -0.4 is 10.1 Å². The molecule has 2 aliphatic rings. The van der Waals surface area contributed by atoms with Gasteiger partial charge in [-0.1, -0.05) is 26.2 Å². The van der Waals surface area contributed by atoms with Crippen molar-refractivity contribution in [1.29, 1.82) is 0 Å². The third-order valence-corrected chi connectivity index (χ3v) is 6.65. The van der Waals surface area contributed by atoms with E-state index >= 15 is 0 Å². The van der Waals surface area contributed by atoms with E-state index in [9.17, 15) is 4.79 Å². The van der Waals surface area contributed by atoms with Crippen molar-refractivity contribution in [2.24, 2.45) is 0 Å². The molecule has 0 spiro atoms. The van der Waals surface area contributed by atoms with Gasteiger partial charge in [0.15, 0.2) is 5.06 Å². The third-order valence-electron chi connectivity index (χ3n) is 5.50. The minimum atomic E-state index is 0.0800. The van der Waals surface area contributed by atoms with E-state index in [1.807, 2.05) is 4.90 Å². The van der Waals surface area contributed by atoms with Crippen molar-refractivity contribution in [3.63, 3.8) is 0 Å². The molecule has 0 saturated carbocycles. The number of nitrogens with zero attached hydrogens (tertiary/aromatic N) is 2. The first-order valence-corrected chi connectivity index (χ1v) is 11.6. The van der Waals surface area contributed by atoms with E-state index in [0.29, 0.717) is 6.54 Å². The van der Waals surface area contributed by atoms with Gasteiger partial charge in [0.25, 0.3) is 0 Å². The molecule has 1 saturated heterocycles. The van der Waals surface area contributed by atoms with Crippen LogP contribution in [0, 0.1) is 0 Å². The molecule has 1 aromatic rings. The molecule has 0 bridgehead atoms. The highest BCUT2D eigenvalue weighted by atomic mass is 32.1. The summed E-state index contributed by atoms with van der Waals surface area (Å²) in [6.45, 7) is 8.96. The molecule has 1 fully saturated rings. The van der Waals surface area contributed by atoms with E-state index < -0.39 is 0 Å². The first-order valence-electron chi connectivity index (χ1n) is 10.8. The van der Waals surface area contributed by atoms with Crippen molar-refractivity contribution in [3.05, 3.63) is 16.5 Å². The lowest BCUT2D eigenvalue weighted by molar-refractivity contribution is 0.192. The average Bonchev–Trinajstić information content (AvgIpc) is 3.33. The predicted molar refractivity (Wildman–Crippen MR) is 112 cm³/mol. The fourth-order valence-corrected chi connectivity index (χ4v) is 4.91. The van der Waals surface area contributed by atoms with Crippen molar-refractivity contribution in [3.8, 4) is 5.06 Å². The lowest BCUT2D eigenvalue weighted by Crippen LogP contribution is -2.42. The van der Waals surface area contributed by atoms with Crippen LogP contribution in [0.25, 0.3) is 0 Å². The fourth-order valence-electron chi connectivity index (χ4n) is 3.88. The number of fused-ring (bicyclic) bond motifs is 1. The van der Waals surface area contributed by atoms with Crippen molar-refractivity contribution < 1.29 is 9.53 Å². The highest BCUT2D eigenvalue weighted by molar-refractivity contribution is 7.14. The normalized spacial score (nSPS) is 17.1. The average molecular weight is 394 g/mol. The summed E-state index contributed by atoms with van der Waals surface area (Å²) in [5.41, 5.74) is 1.27. The number of nitrogens with one attached hydrogen (secondary N) is 1. The second-order valence-corrected chi connectivity index (χ2v) is 8.83. The van der Waals surface area contributed by atoms with E-state index in [0.717, 1.165) is 50.6 Å². The van der Waals surface area contributed by atoms with Gasteiger partial charge in [-0.15, -0.1) is 11.3 Å². The Morgan fingerprint density at radius 3 is 2.85 bits per heavy atom. The topological polar surface area (TPSA) is 44.8 Å². The molecule has 1 aromatic heterocycles. The zero-order valence-electron chi connectivity index (χ0n) is 16.8. The van der Waals surface area contributed by atoms with Gasteiger partial charge >= 0.3 is 6.03 Å². The first-order chi connectivity index (χ1) is 13.3. The zero-order chi connectivity index (χ0) is 18.9. The highest BCUT2D eigenvalue weighted by Gasteiger charge is 2.23. The lowest BCUT2D eigenvalue weighted by Gasteiger charge is -2.27. The van der Waals surface area contributed by atoms with Crippen LogP contribution in [0.3, 0.4) is 0 Å². The summed E-state index contributed by atoms with van der Waals surface area (Å²) >= 11 is 1.76. The number of carbonyl (C=O) groups excluding carboxylic acids is 1. The van der Waals surface area contributed by atoms with Gasteiger partial charge in [0.1, 0.15) is 0 Å². The zero-order valence-corrected chi connectivity index (χ0v) is 17.6. The minimum absolute atomic E-state index is 0.0800. The van der Waals surface area contributed by atoms with Crippen LogP contribution in [0.2, 0.25) is 0 Å². The molecule has 1 N–H and O–H groups in total. The second kappa shape index (κ2) is 10.9. The van der Waals surface area contributed by atoms with Gasteiger partial charge in [0.2, 0.25) is 0 Å². The summed E-state index contributed by atoms with van der Waals surface area (Å²) in [7, 11) is 0. The Bertz CT molecular complexity index is 584. The van der Waals surface area contributed by atoms with Gasteiger partial charge in [-0.2, -0.15) is 0 Å². The first kappa shape index (κ1) is 20.5. The van der Waals surface area contributed by atoms with Gasteiger partial charge in [-0.05, 0) is 56.8 Å². The summed E-state index contributed by atoms with van der Waals surface area (Å²) in [6.07, 6.45) is 9.48. The number of urea groups is 1. The molecular formula is C21H35N3O2S. The lowest BCUT2D eigenvalue weighted by atomic mass is 10.1.